The molecule has 1 atom stereocenters. The fourth-order valence-corrected chi connectivity index (χ4v) is 3.46. The van der Waals surface area contributed by atoms with E-state index in [4.69, 9.17) is 11.6 Å². The molecule has 0 bridgehead atoms. The molecule has 1 heterocycles. The highest BCUT2D eigenvalue weighted by molar-refractivity contribution is 7.88. The van der Waals surface area contributed by atoms with Gasteiger partial charge in [0.2, 0.25) is 15.9 Å². The summed E-state index contributed by atoms with van der Waals surface area (Å²) >= 11 is 6.03. The highest BCUT2D eigenvalue weighted by Crippen LogP contribution is 2.23. The zero-order chi connectivity index (χ0) is 15.6. The van der Waals surface area contributed by atoms with E-state index in [1.165, 1.54) is 10.6 Å². The Morgan fingerprint density at radius 1 is 1.43 bits per heavy atom. The summed E-state index contributed by atoms with van der Waals surface area (Å²) in [5.41, 5.74) is 1.57. The molecule has 0 aliphatic carbocycles. The molecule has 1 N–H and O–H groups in total. The number of nitrogens with zero attached hydrogens (tertiary/aromatic N) is 1. The van der Waals surface area contributed by atoms with Gasteiger partial charge in [-0.25, -0.2) is 12.7 Å². The lowest BCUT2D eigenvalue weighted by Gasteiger charge is -2.30. The maximum Gasteiger partial charge on any atom is 0.228 e. The van der Waals surface area contributed by atoms with Crippen LogP contribution in [0.5, 0.6) is 0 Å². The quantitative estimate of drug-likeness (QED) is 0.924. The average Bonchev–Trinajstić information content (AvgIpc) is 2.42. The van der Waals surface area contributed by atoms with E-state index in [2.05, 4.69) is 5.32 Å². The van der Waals surface area contributed by atoms with E-state index in [9.17, 15) is 13.2 Å². The molecule has 0 saturated carbocycles. The number of amides is 1. The maximum atomic E-state index is 12.3. The fraction of sp³-hybridized carbons (Fsp3) is 0.500. The van der Waals surface area contributed by atoms with Gasteiger partial charge in [0.05, 0.1) is 12.2 Å². The van der Waals surface area contributed by atoms with Crippen molar-refractivity contribution in [3.05, 3.63) is 28.8 Å². The molecule has 1 amide bonds. The summed E-state index contributed by atoms with van der Waals surface area (Å²) in [6.07, 6.45) is 2.56. The van der Waals surface area contributed by atoms with Crippen molar-refractivity contribution in [3.63, 3.8) is 0 Å². The lowest BCUT2D eigenvalue weighted by Crippen LogP contribution is -2.43. The van der Waals surface area contributed by atoms with E-state index in [0.29, 0.717) is 30.1 Å². The van der Waals surface area contributed by atoms with Crippen LogP contribution in [0.1, 0.15) is 18.4 Å². The van der Waals surface area contributed by atoms with Gasteiger partial charge in [-0.05, 0) is 37.5 Å². The first kappa shape index (κ1) is 16.3. The highest BCUT2D eigenvalue weighted by Gasteiger charge is 2.30. The standard InChI is InChI=1S/C14H19ClN2O3S/c1-10-5-6-12(8-13(10)15)16-14(18)11-4-3-7-17(9-11)21(2,19)20/h5-6,8,11H,3-4,7,9H2,1-2H3,(H,16,18)/t11-/m1/s1. The monoisotopic (exact) mass is 330 g/mol. The minimum absolute atomic E-state index is 0.164. The molecular formula is C14H19ClN2O3S. The third-order valence-corrected chi connectivity index (χ3v) is 5.34. The van der Waals surface area contributed by atoms with Crippen LogP contribution in [0, 0.1) is 12.8 Å². The Hall–Kier alpha value is -1.11. The molecule has 1 saturated heterocycles. The molecule has 5 nitrogen and oxygen atoms in total. The van der Waals surface area contributed by atoms with Gasteiger partial charge in [0.15, 0.2) is 0 Å². The number of halogens is 1. The Balaban J connectivity index is 2.04. The minimum atomic E-state index is -3.25. The van der Waals surface area contributed by atoms with E-state index in [0.717, 1.165) is 5.56 Å². The number of hydrogen-bond donors (Lipinski definition) is 1. The second-order valence-electron chi connectivity index (χ2n) is 5.41. The van der Waals surface area contributed by atoms with Crippen LogP contribution in [0.2, 0.25) is 5.02 Å². The lowest BCUT2D eigenvalue weighted by atomic mass is 9.98. The zero-order valence-electron chi connectivity index (χ0n) is 12.1. The van der Waals surface area contributed by atoms with Crippen LogP contribution in [0.4, 0.5) is 5.69 Å². The van der Waals surface area contributed by atoms with E-state index in [1.54, 1.807) is 12.1 Å². The number of carbonyl (C=O) groups excluding carboxylic acids is 1. The van der Waals surface area contributed by atoms with E-state index >= 15 is 0 Å². The normalized spacial score (nSPS) is 20.2. The fourth-order valence-electron chi connectivity index (χ4n) is 2.37. The summed E-state index contributed by atoms with van der Waals surface area (Å²) in [7, 11) is -3.25. The average molecular weight is 331 g/mol. The SMILES string of the molecule is Cc1ccc(NC(=O)[C@@H]2CCCN(S(C)(=O)=O)C2)cc1Cl. The van der Waals surface area contributed by atoms with Crippen molar-refractivity contribution in [2.45, 2.75) is 19.8 Å². The molecule has 1 aromatic carbocycles. The number of rotatable bonds is 3. The van der Waals surface area contributed by atoms with Crippen molar-refractivity contribution >= 4 is 33.2 Å². The Labute approximate surface area is 130 Å². The molecule has 116 valence electrons. The summed E-state index contributed by atoms with van der Waals surface area (Å²) in [6.45, 7) is 2.61. The first-order chi connectivity index (χ1) is 9.77. The molecule has 0 radical (unpaired) electrons. The molecular weight excluding hydrogens is 312 g/mol. The molecule has 7 heteroatoms. The molecule has 0 spiro atoms. The number of aryl methyl sites for hydroxylation is 1. The van der Waals surface area contributed by atoms with E-state index in [-0.39, 0.29) is 18.4 Å². The van der Waals surface area contributed by atoms with Gasteiger partial charge in [-0.15, -0.1) is 0 Å². The largest absolute Gasteiger partial charge is 0.326 e. The van der Waals surface area contributed by atoms with Gasteiger partial charge in [-0.3, -0.25) is 4.79 Å². The molecule has 0 unspecified atom stereocenters. The van der Waals surface area contributed by atoms with Gasteiger partial charge < -0.3 is 5.32 Å². The summed E-state index contributed by atoms with van der Waals surface area (Å²) < 4.78 is 24.5. The predicted molar refractivity (Wildman–Crippen MR) is 84.0 cm³/mol. The lowest BCUT2D eigenvalue weighted by molar-refractivity contribution is -0.120. The van der Waals surface area contributed by atoms with Crippen molar-refractivity contribution in [3.8, 4) is 0 Å². The van der Waals surface area contributed by atoms with Crippen LogP contribution in [-0.4, -0.2) is 38.0 Å². The Morgan fingerprint density at radius 2 is 2.14 bits per heavy atom. The summed E-state index contributed by atoms with van der Waals surface area (Å²) in [6, 6.07) is 5.32. The number of piperidine rings is 1. The van der Waals surface area contributed by atoms with Crippen molar-refractivity contribution in [2.24, 2.45) is 5.92 Å². The summed E-state index contributed by atoms with van der Waals surface area (Å²) in [5.74, 6) is -0.489. The van der Waals surface area contributed by atoms with Crippen LogP contribution in [0.25, 0.3) is 0 Å². The molecule has 0 aromatic heterocycles. The molecule has 1 aromatic rings. The number of sulfonamides is 1. The van der Waals surface area contributed by atoms with E-state index < -0.39 is 10.0 Å². The van der Waals surface area contributed by atoms with Gasteiger partial charge in [-0.1, -0.05) is 17.7 Å². The summed E-state index contributed by atoms with van der Waals surface area (Å²) in [5, 5.41) is 3.40. The number of carbonyl (C=O) groups is 1. The zero-order valence-corrected chi connectivity index (χ0v) is 13.7. The Kier molecular flexibility index (Phi) is 4.91. The number of benzene rings is 1. The second-order valence-corrected chi connectivity index (χ2v) is 7.80. The topological polar surface area (TPSA) is 66.5 Å². The molecule has 21 heavy (non-hydrogen) atoms. The number of nitrogens with one attached hydrogen (secondary N) is 1. The first-order valence-corrected chi connectivity index (χ1v) is 9.02. The Bertz CT molecular complexity index is 646. The van der Waals surface area contributed by atoms with Crippen LogP contribution in [0.15, 0.2) is 18.2 Å². The third-order valence-electron chi connectivity index (χ3n) is 3.66. The van der Waals surface area contributed by atoms with Gasteiger partial charge in [0.25, 0.3) is 0 Å². The highest BCUT2D eigenvalue weighted by atomic mass is 35.5. The van der Waals surface area contributed by atoms with Gasteiger partial charge in [0, 0.05) is 23.8 Å². The molecule has 1 fully saturated rings. The van der Waals surface area contributed by atoms with Gasteiger partial charge in [0.1, 0.15) is 0 Å². The Morgan fingerprint density at radius 3 is 2.76 bits per heavy atom. The number of hydrogen-bond acceptors (Lipinski definition) is 3. The van der Waals surface area contributed by atoms with E-state index in [1.807, 2.05) is 13.0 Å². The second kappa shape index (κ2) is 6.34. The van der Waals surface area contributed by atoms with Crippen molar-refractivity contribution in [2.75, 3.05) is 24.7 Å². The number of anilines is 1. The maximum absolute atomic E-state index is 12.3. The van der Waals surface area contributed by atoms with Crippen molar-refractivity contribution < 1.29 is 13.2 Å². The predicted octanol–water partition coefficient (Wildman–Crippen LogP) is 2.26. The first-order valence-electron chi connectivity index (χ1n) is 6.79. The van der Waals surface area contributed by atoms with Crippen molar-refractivity contribution in [1.82, 2.24) is 4.31 Å². The summed E-state index contributed by atoms with van der Waals surface area (Å²) in [4.78, 5) is 12.3. The minimum Gasteiger partial charge on any atom is -0.326 e. The van der Waals surface area contributed by atoms with Crippen LogP contribution < -0.4 is 5.32 Å². The molecule has 1 aliphatic heterocycles. The van der Waals surface area contributed by atoms with Crippen LogP contribution in [-0.2, 0) is 14.8 Å². The molecule has 1 aliphatic rings. The molecule has 2 rings (SSSR count). The smallest absolute Gasteiger partial charge is 0.228 e. The van der Waals surface area contributed by atoms with Gasteiger partial charge >= 0.3 is 0 Å². The van der Waals surface area contributed by atoms with Crippen molar-refractivity contribution in [1.29, 1.82) is 0 Å². The van der Waals surface area contributed by atoms with Crippen LogP contribution in [0.3, 0.4) is 0 Å². The van der Waals surface area contributed by atoms with Crippen LogP contribution >= 0.6 is 11.6 Å². The third kappa shape index (κ3) is 4.18. The van der Waals surface area contributed by atoms with Gasteiger partial charge in [-0.2, -0.15) is 0 Å².